The van der Waals surface area contributed by atoms with Crippen LogP contribution in [0.15, 0.2) is 4.99 Å². The molecule has 0 unspecified atom stereocenters. The Morgan fingerprint density at radius 3 is 2.15 bits per heavy atom. The molecule has 1 heterocycles. The van der Waals surface area contributed by atoms with E-state index in [1.165, 1.54) is 0 Å². The van der Waals surface area contributed by atoms with Crippen molar-refractivity contribution in [2.45, 2.75) is 31.5 Å². The molecule has 11 heteroatoms. The largest absolute Gasteiger partial charge is 0.481 e. The van der Waals surface area contributed by atoms with E-state index in [1.54, 1.807) is 0 Å². The van der Waals surface area contributed by atoms with Crippen molar-refractivity contribution >= 4 is 18.0 Å². The first-order valence-corrected chi connectivity index (χ1v) is 5.40. The maximum absolute atomic E-state index is 10.4. The van der Waals surface area contributed by atoms with Crippen LogP contribution in [-0.2, 0) is 9.53 Å². The fraction of sp³-hybridized carbons (Fsp3) is 0.667. The average Bonchev–Trinajstić information content (AvgIpc) is 2.55. The second-order valence-corrected chi connectivity index (χ2v) is 3.75. The molecule has 2 amide bonds. The molecular weight excluding hydrogens is 276 g/mol. The van der Waals surface area contributed by atoms with Crippen LogP contribution in [0.4, 0.5) is 4.79 Å². The molecule has 0 aromatic carbocycles. The van der Waals surface area contributed by atoms with Crippen molar-refractivity contribution in [3.05, 3.63) is 0 Å². The van der Waals surface area contributed by atoms with E-state index in [2.05, 4.69) is 4.99 Å². The number of guanidine groups is 1. The number of urea groups is 1. The molecule has 11 nitrogen and oxygen atoms in total. The number of aliphatic hydroxyl groups is 3. The smallest absolute Gasteiger partial charge is 0.318 e. The van der Waals surface area contributed by atoms with Gasteiger partial charge in [0.15, 0.2) is 12.2 Å². The van der Waals surface area contributed by atoms with Crippen molar-refractivity contribution in [1.29, 1.82) is 0 Å². The minimum atomic E-state index is -1.33. The number of primary amides is 1. The van der Waals surface area contributed by atoms with E-state index in [9.17, 15) is 15.0 Å². The summed E-state index contributed by atoms with van der Waals surface area (Å²) in [5.41, 5.74) is 10.0. The number of rotatable bonds is 2. The summed E-state index contributed by atoms with van der Waals surface area (Å²) in [5, 5.41) is 37.0. The Hall–Kier alpha value is -1.95. The monoisotopic (exact) mass is 294 g/mol. The second-order valence-electron chi connectivity index (χ2n) is 3.75. The molecule has 0 bridgehead atoms. The molecule has 1 saturated heterocycles. The Bertz CT molecular complexity index is 371. The minimum absolute atomic E-state index is 0.345. The van der Waals surface area contributed by atoms with Gasteiger partial charge in [0.05, 0.1) is 6.61 Å². The van der Waals surface area contributed by atoms with E-state index in [0.29, 0.717) is 0 Å². The topological polar surface area (TPSA) is 201 Å². The average molecular weight is 294 g/mol. The number of carboxylic acids is 1. The van der Waals surface area contributed by atoms with Gasteiger partial charge in [-0.15, -0.1) is 0 Å². The van der Waals surface area contributed by atoms with Gasteiger partial charge in [0.1, 0.15) is 18.3 Å². The molecule has 1 aliphatic heterocycles. The normalized spacial score (nSPS) is 29.3. The number of aliphatic carboxylic acids is 1. The van der Waals surface area contributed by atoms with Gasteiger partial charge in [-0.05, 0) is 0 Å². The third-order valence-corrected chi connectivity index (χ3v) is 2.03. The zero-order chi connectivity index (χ0) is 15.9. The molecule has 1 aliphatic rings. The van der Waals surface area contributed by atoms with Gasteiger partial charge in [0, 0.05) is 6.92 Å². The summed E-state index contributed by atoms with van der Waals surface area (Å²) in [7, 11) is 0. The number of aliphatic imine (C=N–C) groups is 1. The highest BCUT2D eigenvalue weighted by atomic mass is 16.6. The van der Waals surface area contributed by atoms with E-state index < -0.39 is 43.1 Å². The predicted molar refractivity (Wildman–Crippen MR) is 65.4 cm³/mol. The van der Waals surface area contributed by atoms with E-state index >= 15 is 0 Å². The first kappa shape index (κ1) is 18.0. The van der Waals surface area contributed by atoms with Crippen LogP contribution in [0.5, 0.6) is 0 Å². The van der Waals surface area contributed by atoms with Crippen LogP contribution in [0.2, 0.25) is 0 Å². The number of carbonyl (C=O) groups excluding carboxylic acids is 1. The molecule has 0 spiro atoms. The molecule has 1 fully saturated rings. The van der Waals surface area contributed by atoms with Gasteiger partial charge < -0.3 is 36.6 Å². The number of nitrogens with two attached hydrogens (primary N) is 2. The highest BCUT2D eigenvalue weighted by Crippen LogP contribution is 2.21. The lowest BCUT2D eigenvalue weighted by Gasteiger charge is -2.10. The number of amides is 2. The predicted octanol–water partition coefficient (Wildman–Crippen LogP) is -3.50. The number of hydrogen-bond donors (Lipinski definition) is 7. The van der Waals surface area contributed by atoms with Gasteiger partial charge >= 0.3 is 6.03 Å². The summed E-state index contributed by atoms with van der Waals surface area (Å²) in [6.45, 7) is 0.618. The Morgan fingerprint density at radius 1 is 1.30 bits per heavy atom. The van der Waals surface area contributed by atoms with Crippen molar-refractivity contribution in [2.75, 3.05) is 6.61 Å². The summed E-state index contributed by atoms with van der Waals surface area (Å²) in [6, 6.07) is -0.909. The lowest BCUT2D eigenvalue weighted by molar-refractivity contribution is -0.134. The van der Waals surface area contributed by atoms with E-state index in [0.717, 1.165) is 6.92 Å². The molecule has 116 valence electrons. The minimum Gasteiger partial charge on any atom is -0.481 e. The highest BCUT2D eigenvalue weighted by molar-refractivity contribution is 5.94. The quantitative estimate of drug-likeness (QED) is 0.201. The molecule has 1 rings (SSSR count). The number of hydrogen-bond acceptors (Lipinski definition) is 7. The lowest BCUT2D eigenvalue weighted by atomic mass is 10.1. The van der Waals surface area contributed by atoms with Gasteiger partial charge in [-0.25, -0.2) is 9.79 Å². The number of nitrogens with one attached hydrogen (secondary N) is 1. The third kappa shape index (κ3) is 6.29. The number of carbonyl (C=O) groups is 2. The Kier molecular flexibility index (Phi) is 7.46. The molecule has 0 aliphatic carbocycles. The summed E-state index contributed by atoms with van der Waals surface area (Å²) >= 11 is 0. The van der Waals surface area contributed by atoms with Crippen molar-refractivity contribution < 1.29 is 34.8 Å². The zero-order valence-corrected chi connectivity index (χ0v) is 10.6. The van der Waals surface area contributed by atoms with Crippen LogP contribution >= 0.6 is 0 Å². The molecule has 0 aromatic heterocycles. The van der Waals surface area contributed by atoms with Crippen LogP contribution in [0.25, 0.3) is 0 Å². The van der Waals surface area contributed by atoms with Gasteiger partial charge in [-0.3, -0.25) is 10.1 Å². The fourth-order valence-corrected chi connectivity index (χ4v) is 1.28. The van der Waals surface area contributed by atoms with Crippen molar-refractivity contribution in [3.63, 3.8) is 0 Å². The van der Waals surface area contributed by atoms with Crippen LogP contribution in [0.3, 0.4) is 0 Å². The number of nitrogens with zero attached hydrogens (tertiary/aromatic N) is 1. The summed E-state index contributed by atoms with van der Waals surface area (Å²) in [4.78, 5) is 23.0. The van der Waals surface area contributed by atoms with Crippen molar-refractivity contribution in [1.82, 2.24) is 5.32 Å². The summed E-state index contributed by atoms with van der Waals surface area (Å²) in [5.74, 6) is -1.18. The first-order chi connectivity index (χ1) is 9.18. The molecule has 20 heavy (non-hydrogen) atoms. The summed E-state index contributed by atoms with van der Waals surface area (Å²) < 4.78 is 4.98. The maximum atomic E-state index is 10.4. The highest BCUT2D eigenvalue weighted by Gasteiger charge is 2.42. The molecule has 0 saturated carbocycles. The Morgan fingerprint density at radius 2 is 1.80 bits per heavy atom. The van der Waals surface area contributed by atoms with E-state index in [4.69, 9.17) is 31.2 Å². The number of carboxylic acid groups (broad SMARTS) is 1. The van der Waals surface area contributed by atoms with Crippen LogP contribution in [-0.4, -0.2) is 69.5 Å². The second kappa shape index (κ2) is 8.27. The van der Waals surface area contributed by atoms with Crippen LogP contribution in [0.1, 0.15) is 6.92 Å². The fourth-order valence-electron chi connectivity index (χ4n) is 1.28. The Balaban J connectivity index is 0.000000796. The van der Waals surface area contributed by atoms with Crippen molar-refractivity contribution in [3.8, 4) is 0 Å². The standard InChI is InChI=1S/C7H14N4O5.C2H4O2/c8-6(11-7(9)15)10-5-4(14)3(13)2(1-12)16-5;1-2(3)4/h2-5,12-14H,1H2,(H5,8,9,10,11,15);1H3,(H,3,4)/t2-,3-,4-,5-;/m1./s1. The lowest BCUT2D eigenvalue weighted by Crippen LogP contribution is -2.42. The van der Waals surface area contributed by atoms with Gasteiger partial charge in [0.2, 0.25) is 0 Å². The molecule has 0 aromatic rings. The first-order valence-electron chi connectivity index (χ1n) is 5.40. The SMILES string of the molecule is CC(=O)O.NC(=O)NC(N)=N[C@@H]1O[C@H](CO)[C@@H](O)[C@H]1O. The third-order valence-electron chi connectivity index (χ3n) is 2.03. The van der Waals surface area contributed by atoms with Gasteiger partial charge in [-0.1, -0.05) is 0 Å². The zero-order valence-electron chi connectivity index (χ0n) is 10.6. The van der Waals surface area contributed by atoms with E-state index in [-0.39, 0.29) is 5.96 Å². The molecular formula is C9H18N4O7. The Labute approximate surface area is 113 Å². The molecule has 0 radical (unpaired) electrons. The maximum Gasteiger partial charge on any atom is 0.318 e. The van der Waals surface area contributed by atoms with Crippen molar-refractivity contribution in [2.24, 2.45) is 16.5 Å². The van der Waals surface area contributed by atoms with E-state index in [1.807, 2.05) is 5.32 Å². The van der Waals surface area contributed by atoms with Gasteiger partial charge in [-0.2, -0.15) is 0 Å². The van der Waals surface area contributed by atoms with Gasteiger partial charge in [0.25, 0.3) is 5.97 Å². The summed E-state index contributed by atoms with van der Waals surface area (Å²) in [6.07, 6.45) is -4.69. The van der Waals surface area contributed by atoms with Crippen LogP contribution in [0, 0.1) is 0 Å². The number of aliphatic hydroxyl groups excluding tert-OH is 3. The molecule has 9 N–H and O–H groups in total. The van der Waals surface area contributed by atoms with Crippen LogP contribution < -0.4 is 16.8 Å². The number of ether oxygens (including phenoxy) is 1. The molecule has 4 atom stereocenters.